The Labute approximate surface area is 358 Å². The average molecular weight is 795 g/mol. The van der Waals surface area contributed by atoms with Gasteiger partial charge in [-0.2, -0.15) is 0 Å². The molecule has 3 heterocycles. The highest BCUT2D eigenvalue weighted by Crippen LogP contribution is 2.45. The lowest BCUT2D eigenvalue weighted by Crippen LogP contribution is -2.08. The van der Waals surface area contributed by atoms with Gasteiger partial charge in [-0.05, 0) is 82.8 Å². The molecule has 5 heteroatoms. The first-order valence-corrected chi connectivity index (χ1v) is 21.1. The maximum absolute atomic E-state index is 6.43. The number of fused-ring (bicyclic) bond motifs is 7. The molecule has 0 radical (unpaired) electrons. The highest BCUT2D eigenvalue weighted by molar-refractivity contribution is 6.27. The van der Waals surface area contributed by atoms with Crippen LogP contribution in [0.3, 0.4) is 0 Å². The molecule has 11 aromatic rings. The molecule has 5 nitrogen and oxygen atoms in total. The van der Waals surface area contributed by atoms with Gasteiger partial charge in [0.05, 0.1) is 11.0 Å². The normalized spacial score (nSPS) is 14.1. The summed E-state index contributed by atoms with van der Waals surface area (Å²) in [7, 11) is 0. The largest absolute Gasteiger partial charge is 0.456 e. The van der Waals surface area contributed by atoms with Gasteiger partial charge in [0.15, 0.2) is 17.5 Å². The molecule has 0 bridgehead atoms. The summed E-state index contributed by atoms with van der Waals surface area (Å²) in [6.45, 7) is 0. The van der Waals surface area contributed by atoms with E-state index in [4.69, 9.17) is 19.4 Å². The van der Waals surface area contributed by atoms with Crippen LogP contribution in [-0.2, 0) is 0 Å². The fourth-order valence-corrected chi connectivity index (χ4v) is 9.28. The van der Waals surface area contributed by atoms with Crippen molar-refractivity contribution in [2.75, 3.05) is 0 Å². The van der Waals surface area contributed by atoms with Gasteiger partial charge >= 0.3 is 0 Å². The first-order valence-electron chi connectivity index (χ1n) is 21.1. The second kappa shape index (κ2) is 14.8. The Bertz CT molecular complexity index is 3470. The summed E-state index contributed by atoms with van der Waals surface area (Å²) in [5.41, 5.74) is 13.9. The summed E-state index contributed by atoms with van der Waals surface area (Å²) in [4.78, 5) is 15.4. The Balaban J connectivity index is 1.10. The van der Waals surface area contributed by atoms with E-state index in [-0.39, 0.29) is 5.92 Å². The molecular formula is C57H38N4O. The molecule has 0 N–H and O–H groups in total. The van der Waals surface area contributed by atoms with Gasteiger partial charge in [0.2, 0.25) is 0 Å². The Morgan fingerprint density at radius 1 is 0.419 bits per heavy atom. The van der Waals surface area contributed by atoms with Crippen LogP contribution in [0.1, 0.15) is 23.5 Å². The fourth-order valence-electron chi connectivity index (χ4n) is 9.28. The first kappa shape index (κ1) is 35.8. The quantitative estimate of drug-likeness (QED) is 0.161. The van der Waals surface area contributed by atoms with E-state index in [9.17, 15) is 0 Å². The molecule has 0 spiro atoms. The summed E-state index contributed by atoms with van der Waals surface area (Å²) in [5, 5.41) is 4.70. The molecular weight excluding hydrogens is 757 g/mol. The SMILES string of the molecule is C1=C(c2cc(-c3ccccc3)cc(-c3nc(-c4ccccc4)nc(-c4ccccc4)n3)c2)C=C(n2c3ccccc3c3c4c(ccc32)oc2ccccc24)CC1c1ccccc1. The summed E-state index contributed by atoms with van der Waals surface area (Å²) >= 11 is 0. The van der Waals surface area contributed by atoms with Crippen LogP contribution in [0.25, 0.3) is 100 Å². The van der Waals surface area contributed by atoms with Crippen molar-refractivity contribution in [2.24, 2.45) is 0 Å². The summed E-state index contributed by atoms with van der Waals surface area (Å²) < 4.78 is 8.91. The van der Waals surface area contributed by atoms with Gasteiger partial charge < -0.3 is 8.98 Å². The second-order valence-electron chi connectivity index (χ2n) is 16.0. The maximum atomic E-state index is 6.43. The van der Waals surface area contributed by atoms with E-state index >= 15 is 0 Å². The Kier molecular flexibility index (Phi) is 8.56. The molecule has 0 saturated heterocycles. The van der Waals surface area contributed by atoms with Crippen LogP contribution < -0.4 is 0 Å². The number of rotatable bonds is 7. The minimum absolute atomic E-state index is 0.122. The van der Waals surface area contributed by atoms with Crippen molar-refractivity contribution in [1.82, 2.24) is 19.5 Å². The third-order valence-electron chi connectivity index (χ3n) is 12.2. The van der Waals surface area contributed by atoms with Crippen LogP contribution in [0.5, 0.6) is 0 Å². The lowest BCUT2D eigenvalue weighted by Gasteiger charge is -2.25. The second-order valence-corrected chi connectivity index (χ2v) is 16.0. The molecule has 0 amide bonds. The summed E-state index contributed by atoms with van der Waals surface area (Å²) in [5.74, 6) is 2.01. The van der Waals surface area contributed by atoms with Crippen LogP contribution in [0.15, 0.2) is 217 Å². The number of allylic oxidation sites excluding steroid dienone is 4. The number of hydrogen-bond acceptors (Lipinski definition) is 4. The van der Waals surface area contributed by atoms with Gasteiger partial charge in [0.1, 0.15) is 11.2 Å². The molecule has 0 aliphatic heterocycles. The zero-order valence-corrected chi connectivity index (χ0v) is 33.7. The van der Waals surface area contributed by atoms with E-state index in [0.717, 1.165) is 72.8 Å². The molecule has 1 atom stereocenters. The van der Waals surface area contributed by atoms with Crippen LogP contribution in [-0.4, -0.2) is 19.5 Å². The zero-order chi connectivity index (χ0) is 41.0. The predicted molar refractivity (Wildman–Crippen MR) is 254 cm³/mol. The van der Waals surface area contributed by atoms with Gasteiger partial charge in [0, 0.05) is 49.9 Å². The van der Waals surface area contributed by atoms with Crippen molar-refractivity contribution in [1.29, 1.82) is 0 Å². The summed E-state index contributed by atoms with van der Waals surface area (Å²) in [6, 6.07) is 70.1. The van der Waals surface area contributed by atoms with Crippen LogP contribution >= 0.6 is 0 Å². The maximum Gasteiger partial charge on any atom is 0.164 e. The van der Waals surface area contributed by atoms with Gasteiger partial charge in [-0.15, -0.1) is 0 Å². The third kappa shape index (κ3) is 6.22. The molecule has 8 aromatic carbocycles. The van der Waals surface area contributed by atoms with E-state index in [0.29, 0.717) is 17.5 Å². The zero-order valence-electron chi connectivity index (χ0n) is 33.7. The van der Waals surface area contributed by atoms with Crippen LogP contribution in [0.2, 0.25) is 0 Å². The number of furan rings is 1. The molecule has 292 valence electrons. The third-order valence-corrected chi connectivity index (χ3v) is 12.2. The standard InChI is InChI=1S/C57H38N4O/c1-5-17-37(18-6-1)41-31-42(34-45(33-41)57-59-55(39-21-9-3-10-22-39)58-56(60-57)40-23-11-4-12-24-40)44-32-43(38-19-7-2-8-20-38)35-46(36-44)61-49-27-15-13-25-47(49)53-50(61)29-30-52-54(53)48-26-14-16-28-51(48)62-52/h1-34,36,43H,35H2. The number of hydrogen-bond donors (Lipinski definition) is 0. The fraction of sp³-hybridized carbons (Fsp3) is 0.0351. The molecule has 1 unspecified atom stereocenters. The van der Waals surface area contributed by atoms with Gasteiger partial charge in [-0.3, -0.25) is 0 Å². The van der Waals surface area contributed by atoms with E-state index in [1.165, 1.54) is 27.5 Å². The van der Waals surface area contributed by atoms with E-state index in [2.05, 4.69) is 174 Å². The van der Waals surface area contributed by atoms with E-state index in [1.54, 1.807) is 0 Å². The molecule has 1 aliphatic rings. The minimum Gasteiger partial charge on any atom is -0.456 e. The highest BCUT2D eigenvalue weighted by Gasteiger charge is 2.25. The molecule has 62 heavy (non-hydrogen) atoms. The lowest BCUT2D eigenvalue weighted by atomic mass is 9.84. The number of nitrogens with zero attached hydrogens (tertiary/aromatic N) is 4. The topological polar surface area (TPSA) is 56.7 Å². The molecule has 1 aliphatic carbocycles. The Morgan fingerprint density at radius 3 is 1.66 bits per heavy atom. The van der Waals surface area contributed by atoms with E-state index < -0.39 is 0 Å². The van der Waals surface area contributed by atoms with Crippen molar-refractivity contribution in [3.8, 4) is 45.3 Å². The van der Waals surface area contributed by atoms with Crippen LogP contribution in [0.4, 0.5) is 0 Å². The van der Waals surface area contributed by atoms with Gasteiger partial charge in [0.25, 0.3) is 0 Å². The predicted octanol–water partition coefficient (Wildman–Crippen LogP) is 14.7. The highest BCUT2D eigenvalue weighted by atomic mass is 16.3. The first-order chi connectivity index (χ1) is 30.7. The Morgan fingerprint density at radius 2 is 0.968 bits per heavy atom. The average Bonchev–Trinajstić information content (AvgIpc) is 3.90. The molecule has 3 aromatic heterocycles. The summed E-state index contributed by atoms with van der Waals surface area (Å²) in [6.07, 6.45) is 5.67. The van der Waals surface area contributed by atoms with Crippen molar-refractivity contribution >= 4 is 55.0 Å². The number of para-hydroxylation sites is 2. The van der Waals surface area contributed by atoms with Gasteiger partial charge in [-0.1, -0.05) is 164 Å². The number of aromatic nitrogens is 4. The molecule has 0 fully saturated rings. The van der Waals surface area contributed by atoms with Gasteiger partial charge in [-0.25, -0.2) is 15.0 Å². The van der Waals surface area contributed by atoms with Crippen molar-refractivity contribution < 1.29 is 4.42 Å². The number of benzene rings is 8. The van der Waals surface area contributed by atoms with Crippen molar-refractivity contribution in [3.63, 3.8) is 0 Å². The minimum atomic E-state index is 0.122. The lowest BCUT2D eigenvalue weighted by molar-refractivity contribution is 0.669. The van der Waals surface area contributed by atoms with E-state index in [1.807, 2.05) is 42.5 Å². The van der Waals surface area contributed by atoms with Crippen molar-refractivity contribution in [3.05, 3.63) is 223 Å². The van der Waals surface area contributed by atoms with Crippen LogP contribution in [0, 0.1) is 0 Å². The van der Waals surface area contributed by atoms with Crippen molar-refractivity contribution in [2.45, 2.75) is 12.3 Å². The monoisotopic (exact) mass is 794 g/mol. The molecule has 0 saturated carbocycles. The smallest absolute Gasteiger partial charge is 0.164 e. The Hall–Kier alpha value is -8.15. The molecule has 12 rings (SSSR count).